The Bertz CT molecular complexity index is 857. The smallest absolute Gasteiger partial charge is 0.283 e. The predicted octanol–water partition coefficient (Wildman–Crippen LogP) is 3.67. The van der Waals surface area contributed by atoms with Crippen molar-refractivity contribution in [2.75, 3.05) is 16.9 Å². The summed E-state index contributed by atoms with van der Waals surface area (Å²) in [5, 5.41) is 15.9. The van der Waals surface area contributed by atoms with E-state index in [-0.39, 0.29) is 22.6 Å². The molecule has 2 aromatic carbocycles. The van der Waals surface area contributed by atoms with E-state index in [9.17, 15) is 24.1 Å². The van der Waals surface area contributed by atoms with Gasteiger partial charge in [-0.2, -0.15) is 0 Å². The maximum atomic E-state index is 13.6. The molecule has 2 rings (SSSR count). The quantitative estimate of drug-likeness (QED) is 0.479. The van der Waals surface area contributed by atoms with Gasteiger partial charge in [0.1, 0.15) is 5.82 Å². The van der Waals surface area contributed by atoms with Crippen LogP contribution in [0.5, 0.6) is 0 Å². The summed E-state index contributed by atoms with van der Waals surface area (Å²) < 4.78 is 13.6. The minimum absolute atomic E-state index is 0.0750. The standard InChI is InChI=1S/C16H14FN3O4S/c1-9(21)18-13-8-11(4-5-12(13)17)19-16(22)10-3-6-15(25-2)14(7-10)20(23)24/h3-8H,1-2H3,(H,18,21)(H,19,22). The molecule has 0 aromatic heterocycles. The van der Waals surface area contributed by atoms with Gasteiger partial charge < -0.3 is 10.6 Å². The Morgan fingerprint density at radius 2 is 1.88 bits per heavy atom. The lowest BCUT2D eigenvalue weighted by molar-refractivity contribution is -0.387. The Morgan fingerprint density at radius 1 is 1.16 bits per heavy atom. The molecule has 0 aliphatic rings. The molecular formula is C16H14FN3O4S. The second kappa shape index (κ2) is 7.75. The molecule has 2 N–H and O–H groups in total. The molecule has 0 saturated heterocycles. The lowest BCUT2D eigenvalue weighted by atomic mass is 10.1. The van der Waals surface area contributed by atoms with Gasteiger partial charge in [-0.15, -0.1) is 11.8 Å². The minimum Gasteiger partial charge on any atom is -0.324 e. The highest BCUT2D eigenvalue weighted by Gasteiger charge is 2.17. The van der Waals surface area contributed by atoms with Gasteiger partial charge in [0.15, 0.2) is 0 Å². The summed E-state index contributed by atoms with van der Waals surface area (Å²) in [4.78, 5) is 34.3. The van der Waals surface area contributed by atoms with Crippen LogP contribution in [0.1, 0.15) is 17.3 Å². The zero-order valence-corrected chi connectivity index (χ0v) is 14.1. The molecule has 0 atom stereocenters. The zero-order valence-electron chi connectivity index (χ0n) is 13.3. The van der Waals surface area contributed by atoms with E-state index >= 15 is 0 Å². The Hall–Kier alpha value is -2.94. The van der Waals surface area contributed by atoms with Crippen LogP contribution in [0.3, 0.4) is 0 Å². The third kappa shape index (κ3) is 4.54. The fourth-order valence-corrected chi connectivity index (χ4v) is 2.61. The number of thioether (sulfide) groups is 1. The van der Waals surface area contributed by atoms with Gasteiger partial charge in [0.05, 0.1) is 15.5 Å². The zero-order chi connectivity index (χ0) is 18.6. The number of hydrogen-bond donors (Lipinski definition) is 2. The SMILES string of the molecule is CSc1ccc(C(=O)Nc2ccc(F)c(NC(C)=O)c2)cc1[N+](=O)[O-]. The van der Waals surface area contributed by atoms with Crippen molar-refractivity contribution in [2.45, 2.75) is 11.8 Å². The van der Waals surface area contributed by atoms with Crippen LogP contribution in [-0.2, 0) is 4.79 Å². The van der Waals surface area contributed by atoms with Gasteiger partial charge in [0.25, 0.3) is 11.6 Å². The van der Waals surface area contributed by atoms with Gasteiger partial charge in [-0.05, 0) is 36.6 Å². The largest absolute Gasteiger partial charge is 0.324 e. The van der Waals surface area contributed by atoms with Crippen LogP contribution in [-0.4, -0.2) is 23.0 Å². The number of rotatable bonds is 5. The van der Waals surface area contributed by atoms with Crippen LogP contribution in [0.25, 0.3) is 0 Å². The molecule has 7 nitrogen and oxygen atoms in total. The van der Waals surface area contributed by atoms with Crippen molar-refractivity contribution in [3.8, 4) is 0 Å². The summed E-state index contributed by atoms with van der Waals surface area (Å²) in [6.45, 7) is 1.23. The van der Waals surface area contributed by atoms with Crippen molar-refractivity contribution in [1.82, 2.24) is 0 Å². The lowest BCUT2D eigenvalue weighted by Crippen LogP contribution is -2.13. The van der Waals surface area contributed by atoms with Crippen molar-refractivity contribution in [3.63, 3.8) is 0 Å². The first kappa shape index (κ1) is 18.4. The Balaban J connectivity index is 2.26. The summed E-state index contributed by atoms with van der Waals surface area (Å²) in [6, 6.07) is 7.82. The number of anilines is 2. The molecule has 0 heterocycles. The van der Waals surface area contributed by atoms with Gasteiger partial charge in [-0.1, -0.05) is 0 Å². The van der Waals surface area contributed by atoms with Gasteiger partial charge in [0.2, 0.25) is 5.91 Å². The maximum Gasteiger partial charge on any atom is 0.283 e. The summed E-state index contributed by atoms with van der Waals surface area (Å²) in [5.41, 5.74) is 0.0915. The molecule has 130 valence electrons. The number of hydrogen-bond acceptors (Lipinski definition) is 5. The number of nitrogens with zero attached hydrogens (tertiary/aromatic N) is 1. The molecule has 0 aliphatic carbocycles. The number of carbonyl (C=O) groups is 2. The summed E-state index contributed by atoms with van der Waals surface area (Å²) in [6.07, 6.45) is 1.70. The molecule has 0 bridgehead atoms. The average Bonchev–Trinajstić information content (AvgIpc) is 2.56. The fourth-order valence-electron chi connectivity index (χ4n) is 2.07. The number of nitro benzene ring substituents is 1. The van der Waals surface area contributed by atoms with E-state index in [1.165, 1.54) is 49.0 Å². The third-order valence-electron chi connectivity index (χ3n) is 3.17. The average molecular weight is 363 g/mol. The first-order valence-electron chi connectivity index (χ1n) is 7.02. The van der Waals surface area contributed by atoms with E-state index in [0.717, 1.165) is 6.07 Å². The molecular weight excluding hydrogens is 349 g/mol. The lowest BCUT2D eigenvalue weighted by Gasteiger charge is -2.09. The summed E-state index contributed by atoms with van der Waals surface area (Å²) in [5.74, 6) is -1.69. The molecule has 0 spiro atoms. The van der Waals surface area contributed by atoms with E-state index in [4.69, 9.17) is 0 Å². The van der Waals surface area contributed by atoms with Crippen molar-refractivity contribution >= 4 is 40.6 Å². The van der Waals surface area contributed by atoms with Crippen LogP contribution < -0.4 is 10.6 Å². The molecule has 0 saturated carbocycles. The van der Waals surface area contributed by atoms with Crippen LogP contribution in [0.2, 0.25) is 0 Å². The number of carbonyl (C=O) groups excluding carboxylic acids is 2. The Morgan fingerprint density at radius 3 is 2.48 bits per heavy atom. The van der Waals surface area contributed by atoms with Crippen LogP contribution >= 0.6 is 11.8 Å². The fraction of sp³-hybridized carbons (Fsp3) is 0.125. The van der Waals surface area contributed by atoms with Gasteiger partial charge in [-0.3, -0.25) is 19.7 Å². The normalized spacial score (nSPS) is 10.2. The molecule has 0 fully saturated rings. The number of nitro groups is 1. The summed E-state index contributed by atoms with van der Waals surface area (Å²) >= 11 is 1.20. The number of benzene rings is 2. The first-order valence-corrected chi connectivity index (χ1v) is 8.25. The minimum atomic E-state index is -0.645. The molecule has 0 unspecified atom stereocenters. The second-order valence-electron chi connectivity index (χ2n) is 4.97. The van der Waals surface area contributed by atoms with Crippen molar-refractivity contribution < 1.29 is 18.9 Å². The van der Waals surface area contributed by atoms with Crippen LogP contribution in [0.4, 0.5) is 21.5 Å². The number of amides is 2. The highest BCUT2D eigenvalue weighted by Crippen LogP contribution is 2.28. The molecule has 2 amide bonds. The monoisotopic (exact) mass is 363 g/mol. The van der Waals surface area contributed by atoms with E-state index in [1.807, 2.05) is 0 Å². The third-order valence-corrected chi connectivity index (χ3v) is 3.96. The molecule has 25 heavy (non-hydrogen) atoms. The predicted molar refractivity (Wildman–Crippen MR) is 93.5 cm³/mol. The van der Waals surface area contributed by atoms with E-state index in [0.29, 0.717) is 4.90 Å². The van der Waals surface area contributed by atoms with Crippen LogP contribution in [0.15, 0.2) is 41.3 Å². The number of halogens is 1. The summed E-state index contributed by atoms with van der Waals surface area (Å²) in [7, 11) is 0. The topological polar surface area (TPSA) is 101 Å². The van der Waals surface area contributed by atoms with Gasteiger partial charge >= 0.3 is 0 Å². The second-order valence-corrected chi connectivity index (χ2v) is 5.82. The first-order chi connectivity index (χ1) is 11.8. The van der Waals surface area contributed by atoms with E-state index in [1.54, 1.807) is 6.26 Å². The number of nitrogens with one attached hydrogen (secondary N) is 2. The van der Waals surface area contributed by atoms with Crippen LogP contribution in [0, 0.1) is 15.9 Å². The van der Waals surface area contributed by atoms with E-state index in [2.05, 4.69) is 10.6 Å². The van der Waals surface area contributed by atoms with E-state index < -0.39 is 22.6 Å². The Labute approximate surface area is 146 Å². The molecule has 0 radical (unpaired) electrons. The van der Waals surface area contributed by atoms with Crippen molar-refractivity contribution in [3.05, 3.63) is 57.9 Å². The molecule has 0 aliphatic heterocycles. The van der Waals surface area contributed by atoms with Gasteiger partial charge in [-0.25, -0.2) is 4.39 Å². The molecule has 2 aromatic rings. The highest BCUT2D eigenvalue weighted by atomic mass is 32.2. The van der Waals surface area contributed by atoms with Crippen molar-refractivity contribution in [1.29, 1.82) is 0 Å². The highest BCUT2D eigenvalue weighted by molar-refractivity contribution is 7.98. The molecule has 9 heteroatoms. The van der Waals surface area contributed by atoms with Gasteiger partial charge in [0, 0.05) is 24.2 Å². The van der Waals surface area contributed by atoms with Crippen molar-refractivity contribution in [2.24, 2.45) is 0 Å². The maximum absolute atomic E-state index is 13.6. The Kier molecular flexibility index (Phi) is 5.71.